The molecule has 0 unspecified atom stereocenters. The van der Waals surface area contributed by atoms with Gasteiger partial charge in [-0.05, 0) is 46.8 Å². The highest BCUT2D eigenvalue weighted by atomic mass is 79.9. The summed E-state index contributed by atoms with van der Waals surface area (Å²) >= 11 is 3.36. The molecule has 0 heterocycles. The number of nitrogens with one attached hydrogen (secondary N) is 1. The van der Waals surface area contributed by atoms with Crippen LogP contribution in [0.15, 0.2) is 28.7 Å². The number of amides is 1. The fraction of sp³-hybridized carbons (Fsp3) is 0.533. The lowest BCUT2D eigenvalue weighted by Crippen LogP contribution is -2.37. The molecule has 1 aromatic rings. The van der Waals surface area contributed by atoms with E-state index < -0.39 is 6.10 Å². The van der Waals surface area contributed by atoms with E-state index in [0.717, 1.165) is 17.3 Å². The second-order valence-corrected chi connectivity index (χ2v) is 6.01. The van der Waals surface area contributed by atoms with Crippen LogP contribution in [0, 0.1) is 5.92 Å². The Morgan fingerprint density at radius 2 is 2.00 bits per heavy atom. The molecule has 1 saturated carbocycles. The zero-order chi connectivity index (χ0) is 13.7. The number of hydrogen-bond acceptors (Lipinski definition) is 2. The Balaban J connectivity index is 1.84. The molecule has 1 aromatic carbocycles. The number of rotatable bonds is 4. The normalized spacial score (nSPS) is 18.0. The second-order valence-electron chi connectivity index (χ2n) is 5.16. The van der Waals surface area contributed by atoms with E-state index in [1.165, 1.54) is 19.3 Å². The first-order valence-electron chi connectivity index (χ1n) is 6.89. The van der Waals surface area contributed by atoms with Gasteiger partial charge in [0.1, 0.15) is 0 Å². The molecule has 19 heavy (non-hydrogen) atoms. The van der Waals surface area contributed by atoms with Crippen molar-refractivity contribution in [1.29, 1.82) is 0 Å². The van der Waals surface area contributed by atoms with Crippen molar-refractivity contribution in [2.75, 3.05) is 6.54 Å². The largest absolute Gasteiger partial charge is 0.391 e. The molecule has 104 valence electrons. The summed E-state index contributed by atoms with van der Waals surface area (Å²) in [7, 11) is 0. The topological polar surface area (TPSA) is 49.3 Å². The highest BCUT2D eigenvalue weighted by Gasteiger charge is 2.22. The van der Waals surface area contributed by atoms with Crippen molar-refractivity contribution in [3.8, 4) is 0 Å². The maximum atomic E-state index is 12.0. The van der Waals surface area contributed by atoms with Crippen molar-refractivity contribution >= 4 is 21.8 Å². The van der Waals surface area contributed by atoms with E-state index in [0.29, 0.717) is 18.0 Å². The zero-order valence-corrected chi connectivity index (χ0v) is 12.5. The van der Waals surface area contributed by atoms with Gasteiger partial charge in [-0.2, -0.15) is 0 Å². The molecule has 0 bridgehead atoms. The van der Waals surface area contributed by atoms with Gasteiger partial charge in [-0.15, -0.1) is 0 Å². The maximum absolute atomic E-state index is 12.0. The van der Waals surface area contributed by atoms with Crippen molar-refractivity contribution in [1.82, 2.24) is 5.32 Å². The van der Waals surface area contributed by atoms with Gasteiger partial charge in [-0.1, -0.05) is 31.4 Å². The van der Waals surface area contributed by atoms with Crippen molar-refractivity contribution in [3.63, 3.8) is 0 Å². The van der Waals surface area contributed by atoms with Gasteiger partial charge in [0.25, 0.3) is 5.91 Å². The van der Waals surface area contributed by atoms with Gasteiger partial charge in [-0.3, -0.25) is 4.79 Å². The summed E-state index contributed by atoms with van der Waals surface area (Å²) in [4.78, 5) is 12.0. The van der Waals surface area contributed by atoms with Crippen molar-refractivity contribution in [2.45, 2.75) is 38.2 Å². The lowest BCUT2D eigenvalue weighted by atomic mass is 9.85. The van der Waals surface area contributed by atoms with E-state index in [1.54, 1.807) is 6.07 Å². The molecule has 4 heteroatoms. The predicted octanol–water partition coefficient (Wildman–Crippen LogP) is 3.12. The third kappa shape index (κ3) is 4.05. The Kier molecular flexibility index (Phi) is 5.40. The molecule has 0 aromatic heterocycles. The molecule has 3 nitrogen and oxygen atoms in total. The molecule has 1 aliphatic rings. The Morgan fingerprint density at radius 3 is 2.68 bits per heavy atom. The molecule has 1 atom stereocenters. The Morgan fingerprint density at radius 1 is 1.32 bits per heavy atom. The smallest absolute Gasteiger partial charge is 0.252 e. The van der Waals surface area contributed by atoms with Crippen LogP contribution in [0.4, 0.5) is 0 Å². The molecular formula is C15H20BrNO2. The fourth-order valence-corrected chi connectivity index (χ4v) is 3.09. The Labute approximate surface area is 122 Å². The highest BCUT2D eigenvalue weighted by molar-refractivity contribution is 9.10. The quantitative estimate of drug-likeness (QED) is 0.893. The molecule has 0 spiro atoms. The fourth-order valence-electron chi connectivity index (χ4n) is 2.62. The first kappa shape index (κ1) is 14.5. The summed E-state index contributed by atoms with van der Waals surface area (Å²) in [6.45, 7) is 0.338. The number of hydrogen-bond donors (Lipinski definition) is 2. The molecule has 1 aliphatic carbocycles. The minimum Gasteiger partial charge on any atom is -0.391 e. The highest BCUT2D eigenvalue weighted by Crippen LogP contribution is 2.26. The third-order valence-corrected chi connectivity index (χ3v) is 4.48. The van der Waals surface area contributed by atoms with Crippen LogP contribution < -0.4 is 5.32 Å². The van der Waals surface area contributed by atoms with E-state index in [9.17, 15) is 9.90 Å². The van der Waals surface area contributed by atoms with Gasteiger partial charge in [0.2, 0.25) is 0 Å². The van der Waals surface area contributed by atoms with Crippen LogP contribution >= 0.6 is 15.9 Å². The van der Waals surface area contributed by atoms with Crippen LogP contribution in [0.1, 0.15) is 42.5 Å². The Hall–Kier alpha value is -0.870. The number of aliphatic hydroxyl groups is 1. The van der Waals surface area contributed by atoms with Gasteiger partial charge in [0.05, 0.1) is 11.7 Å². The van der Waals surface area contributed by atoms with Crippen LogP contribution in [-0.2, 0) is 0 Å². The SMILES string of the molecule is O=C(NC[C@H](O)C1CCCCC1)c1ccccc1Br. The molecular weight excluding hydrogens is 306 g/mol. The zero-order valence-electron chi connectivity index (χ0n) is 10.9. The maximum Gasteiger partial charge on any atom is 0.252 e. The van der Waals surface area contributed by atoms with Crippen LogP contribution in [-0.4, -0.2) is 23.7 Å². The number of carbonyl (C=O) groups is 1. The van der Waals surface area contributed by atoms with E-state index in [4.69, 9.17) is 0 Å². The average Bonchev–Trinajstić information content (AvgIpc) is 2.46. The standard InChI is InChI=1S/C15H20BrNO2/c16-13-9-5-4-8-12(13)15(19)17-10-14(18)11-6-2-1-3-7-11/h4-5,8-9,11,14,18H,1-3,6-7,10H2,(H,17,19)/t14-/m0/s1. The average molecular weight is 326 g/mol. The molecule has 2 rings (SSSR count). The number of carbonyl (C=O) groups excluding carboxylic acids is 1. The summed E-state index contributed by atoms with van der Waals surface area (Å²) in [5.74, 6) is 0.204. The molecule has 2 N–H and O–H groups in total. The van der Waals surface area contributed by atoms with E-state index in [1.807, 2.05) is 18.2 Å². The van der Waals surface area contributed by atoms with Crippen LogP contribution in [0.5, 0.6) is 0 Å². The van der Waals surface area contributed by atoms with Gasteiger partial charge in [-0.25, -0.2) is 0 Å². The summed E-state index contributed by atoms with van der Waals surface area (Å²) < 4.78 is 0.777. The molecule has 0 aliphatic heterocycles. The van der Waals surface area contributed by atoms with Gasteiger partial charge < -0.3 is 10.4 Å². The van der Waals surface area contributed by atoms with Gasteiger partial charge >= 0.3 is 0 Å². The number of aliphatic hydroxyl groups excluding tert-OH is 1. The lowest BCUT2D eigenvalue weighted by molar-refractivity contribution is 0.0738. The number of halogens is 1. The van der Waals surface area contributed by atoms with Crippen molar-refractivity contribution in [2.24, 2.45) is 5.92 Å². The first-order valence-corrected chi connectivity index (χ1v) is 7.68. The Bertz CT molecular complexity index is 430. The van der Waals surface area contributed by atoms with E-state index in [2.05, 4.69) is 21.2 Å². The third-order valence-electron chi connectivity index (χ3n) is 3.78. The first-order chi connectivity index (χ1) is 9.18. The minimum atomic E-state index is -0.424. The number of benzene rings is 1. The second kappa shape index (κ2) is 7.06. The summed E-state index contributed by atoms with van der Waals surface area (Å²) in [6.07, 6.45) is 5.39. The summed E-state index contributed by atoms with van der Waals surface area (Å²) in [5.41, 5.74) is 0.610. The van der Waals surface area contributed by atoms with Crippen LogP contribution in [0.25, 0.3) is 0 Å². The van der Waals surface area contributed by atoms with Crippen molar-refractivity contribution < 1.29 is 9.90 Å². The van der Waals surface area contributed by atoms with Crippen molar-refractivity contribution in [3.05, 3.63) is 34.3 Å². The predicted molar refractivity (Wildman–Crippen MR) is 79.1 cm³/mol. The molecule has 1 amide bonds. The van der Waals surface area contributed by atoms with Crippen LogP contribution in [0.2, 0.25) is 0 Å². The molecule has 0 radical (unpaired) electrons. The van der Waals surface area contributed by atoms with E-state index in [-0.39, 0.29) is 5.91 Å². The van der Waals surface area contributed by atoms with Crippen LogP contribution in [0.3, 0.4) is 0 Å². The minimum absolute atomic E-state index is 0.137. The molecule has 0 saturated heterocycles. The lowest BCUT2D eigenvalue weighted by Gasteiger charge is -2.26. The van der Waals surface area contributed by atoms with Gasteiger partial charge in [0, 0.05) is 11.0 Å². The van der Waals surface area contributed by atoms with E-state index >= 15 is 0 Å². The van der Waals surface area contributed by atoms with Gasteiger partial charge in [0.15, 0.2) is 0 Å². The summed E-state index contributed by atoms with van der Waals surface area (Å²) in [5, 5.41) is 12.9. The molecule has 1 fully saturated rings. The summed E-state index contributed by atoms with van der Waals surface area (Å²) in [6, 6.07) is 7.31. The monoisotopic (exact) mass is 325 g/mol.